The van der Waals surface area contributed by atoms with Crippen LogP contribution in [0, 0.1) is 0 Å². The van der Waals surface area contributed by atoms with Crippen molar-refractivity contribution < 1.29 is 4.79 Å². The number of amides is 1. The van der Waals surface area contributed by atoms with E-state index in [1.807, 2.05) is 0 Å². The lowest BCUT2D eigenvalue weighted by Gasteiger charge is -2.15. The van der Waals surface area contributed by atoms with Crippen molar-refractivity contribution in [1.29, 1.82) is 0 Å². The highest BCUT2D eigenvalue weighted by Crippen LogP contribution is 2.09. The number of likely N-dealkylation sites (tertiary alicyclic amines) is 1. The molecule has 0 radical (unpaired) electrons. The maximum absolute atomic E-state index is 11.8. The van der Waals surface area contributed by atoms with E-state index in [4.69, 9.17) is 5.73 Å². The standard InChI is InChI=1S/C10H19N7O/c1-2-4-16-5-3-8(6-16)12-9(18)7-17-10(11)13-14-15-17/h8H,2-7H2,1H3,(H,12,18)(H2,11,13,15). The third-order valence-corrected chi connectivity index (χ3v) is 3.03. The van der Waals surface area contributed by atoms with Gasteiger partial charge in [-0.25, -0.2) is 4.68 Å². The number of carbonyl (C=O) groups excluding carboxylic acids is 1. The Hall–Kier alpha value is -1.70. The van der Waals surface area contributed by atoms with Crippen molar-refractivity contribution in [1.82, 2.24) is 30.4 Å². The van der Waals surface area contributed by atoms with E-state index in [0.29, 0.717) is 0 Å². The lowest BCUT2D eigenvalue weighted by Crippen LogP contribution is -2.39. The third-order valence-electron chi connectivity index (χ3n) is 3.03. The first kappa shape index (κ1) is 12.7. The van der Waals surface area contributed by atoms with Crippen LogP contribution in [0.3, 0.4) is 0 Å². The van der Waals surface area contributed by atoms with Gasteiger partial charge in [-0.1, -0.05) is 12.0 Å². The molecular formula is C10H19N7O. The normalized spacial score (nSPS) is 20.2. The van der Waals surface area contributed by atoms with Crippen LogP contribution in [0.4, 0.5) is 5.95 Å². The number of carbonyl (C=O) groups is 1. The molecule has 1 aromatic heterocycles. The zero-order valence-electron chi connectivity index (χ0n) is 10.5. The number of nitrogens with one attached hydrogen (secondary N) is 1. The molecule has 0 aliphatic carbocycles. The summed E-state index contributed by atoms with van der Waals surface area (Å²) in [4.78, 5) is 14.1. The molecule has 3 N–H and O–H groups in total. The van der Waals surface area contributed by atoms with Crippen molar-refractivity contribution in [3.05, 3.63) is 0 Å². The summed E-state index contributed by atoms with van der Waals surface area (Å²) in [7, 11) is 0. The highest BCUT2D eigenvalue weighted by atomic mass is 16.2. The Bertz CT molecular complexity index is 405. The lowest BCUT2D eigenvalue weighted by atomic mass is 10.2. The zero-order chi connectivity index (χ0) is 13.0. The predicted molar refractivity (Wildman–Crippen MR) is 65.5 cm³/mol. The Labute approximate surface area is 106 Å². The number of anilines is 1. The highest BCUT2D eigenvalue weighted by molar-refractivity contribution is 5.76. The molecule has 1 saturated heterocycles. The molecule has 1 amide bonds. The molecule has 0 aromatic carbocycles. The second-order valence-corrected chi connectivity index (χ2v) is 4.55. The van der Waals surface area contributed by atoms with Gasteiger partial charge < -0.3 is 16.0 Å². The molecule has 1 aromatic rings. The van der Waals surface area contributed by atoms with Crippen molar-refractivity contribution in [3.8, 4) is 0 Å². The summed E-state index contributed by atoms with van der Waals surface area (Å²) in [6.07, 6.45) is 2.14. The van der Waals surface area contributed by atoms with Crippen molar-refractivity contribution >= 4 is 11.9 Å². The molecule has 2 heterocycles. The number of hydrogen-bond acceptors (Lipinski definition) is 6. The first-order valence-electron chi connectivity index (χ1n) is 6.22. The first-order valence-corrected chi connectivity index (χ1v) is 6.22. The van der Waals surface area contributed by atoms with Gasteiger partial charge in [-0.05, 0) is 29.8 Å². The summed E-state index contributed by atoms with van der Waals surface area (Å²) >= 11 is 0. The summed E-state index contributed by atoms with van der Waals surface area (Å²) in [5.74, 6) is 0.0570. The monoisotopic (exact) mass is 253 g/mol. The van der Waals surface area contributed by atoms with E-state index in [9.17, 15) is 4.79 Å². The molecule has 0 saturated carbocycles. The minimum Gasteiger partial charge on any atom is -0.367 e. The van der Waals surface area contributed by atoms with Crippen LogP contribution in [0.25, 0.3) is 0 Å². The van der Waals surface area contributed by atoms with E-state index in [2.05, 4.69) is 32.7 Å². The maximum Gasteiger partial charge on any atom is 0.242 e. The van der Waals surface area contributed by atoms with Gasteiger partial charge in [-0.2, -0.15) is 0 Å². The van der Waals surface area contributed by atoms with E-state index in [-0.39, 0.29) is 24.4 Å². The fourth-order valence-corrected chi connectivity index (χ4v) is 2.20. The van der Waals surface area contributed by atoms with E-state index < -0.39 is 0 Å². The van der Waals surface area contributed by atoms with Crippen LogP contribution in [0.15, 0.2) is 0 Å². The molecule has 8 nitrogen and oxygen atoms in total. The minimum atomic E-state index is -0.0997. The quantitative estimate of drug-likeness (QED) is 0.687. The molecule has 0 spiro atoms. The summed E-state index contributed by atoms with van der Waals surface area (Å²) in [6.45, 7) is 5.29. The molecule has 1 aliphatic rings. The number of rotatable bonds is 5. The molecule has 1 unspecified atom stereocenters. The fourth-order valence-electron chi connectivity index (χ4n) is 2.20. The van der Waals surface area contributed by atoms with E-state index in [0.717, 1.165) is 32.5 Å². The SMILES string of the molecule is CCCN1CCC(NC(=O)Cn2nnnc2N)C1. The van der Waals surface area contributed by atoms with Gasteiger partial charge >= 0.3 is 0 Å². The molecule has 18 heavy (non-hydrogen) atoms. The van der Waals surface area contributed by atoms with Crippen LogP contribution < -0.4 is 11.1 Å². The number of nitrogen functional groups attached to an aromatic ring is 1. The van der Waals surface area contributed by atoms with Crippen LogP contribution in [-0.4, -0.2) is 56.7 Å². The van der Waals surface area contributed by atoms with Crippen LogP contribution in [0.5, 0.6) is 0 Å². The van der Waals surface area contributed by atoms with Gasteiger partial charge in [0.15, 0.2) is 0 Å². The molecule has 1 fully saturated rings. The minimum absolute atomic E-state index is 0.0725. The number of nitrogens with zero attached hydrogens (tertiary/aromatic N) is 5. The fraction of sp³-hybridized carbons (Fsp3) is 0.800. The smallest absolute Gasteiger partial charge is 0.242 e. The number of hydrogen-bond donors (Lipinski definition) is 2. The Balaban J connectivity index is 1.77. The Kier molecular flexibility index (Phi) is 4.08. The second-order valence-electron chi connectivity index (χ2n) is 4.55. The summed E-state index contributed by atoms with van der Waals surface area (Å²) in [5.41, 5.74) is 5.50. The van der Waals surface area contributed by atoms with Gasteiger partial charge in [0.2, 0.25) is 11.9 Å². The summed E-state index contributed by atoms with van der Waals surface area (Å²) in [6, 6.07) is 0.224. The largest absolute Gasteiger partial charge is 0.367 e. The van der Waals surface area contributed by atoms with Gasteiger partial charge in [0.1, 0.15) is 6.54 Å². The first-order chi connectivity index (χ1) is 8.69. The predicted octanol–water partition coefficient (Wildman–Crippen LogP) is -1.14. The average molecular weight is 253 g/mol. The summed E-state index contributed by atoms with van der Waals surface area (Å²) < 4.78 is 1.29. The third kappa shape index (κ3) is 3.16. The lowest BCUT2D eigenvalue weighted by molar-refractivity contribution is -0.122. The average Bonchev–Trinajstić information content (AvgIpc) is 2.90. The van der Waals surface area contributed by atoms with Crippen LogP contribution >= 0.6 is 0 Å². The highest BCUT2D eigenvalue weighted by Gasteiger charge is 2.23. The van der Waals surface area contributed by atoms with Crippen molar-refractivity contribution in [2.24, 2.45) is 0 Å². The Morgan fingerprint density at radius 1 is 1.61 bits per heavy atom. The van der Waals surface area contributed by atoms with E-state index >= 15 is 0 Å². The van der Waals surface area contributed by atoms with Crippen LogP contribution in [0.1, 0.15) is 19.8 Å². The summed E-state index contributed by atoms with van der Waals surface area (Å²) in [5, 5.41) is 13.5. The Morgan fingerprint density at radius 3 is 3.11 bits per heavy atom. The molecule has 100 valence electrons. The van der Waals surface area contributed by atoms with Gasteiger partial charge in [0, 0.05) is 19.1 Å². The van der Waals surface area contributed by atoms with Gasteiger partial charge in [0.25, 0.3) is 0 Å². The number of nitrogens with two attached hydrogens (primary N) is 1. The molecule has 1 atom stereocenters. The van der Waals surface area contributed by atoms with Gasteiger partial charge in [0.05, 0.1) is 0 Å². The zero-order valence-corrected chi connectivity index (χ0v) is 10.5. The van der Waals surface area contributed by atoms with Crippen LogP contribution in [-0.2, 0) is 11.3 Å². The van der Waals surface area contributed by atoms with Crippen molar-refractivity contribution in [3.63, 3.8) is 0 Å². The second kappa shape index (κ2) is 5.76. The molecule has 1 aliphatic heterocycles. The maximum atomic E-state index is 11.8. The molecular weight excluding hydrogens is 234 g/mol. The Morgan fingerprint density at radius 2 is 2.44 bits per heavy atom. The van der Waals surface area contributed by atoms with Gasteiger partial charge in [-0.15, -0.1) is 0 Å². The van der Waals surface area contributed by atoms with Crippen LogP contribution in [0.2, 0.25) is 0 Å². The molecule has 2 rings (SSSR count). The van der Waals surface area contributed by atoms with Crippen molar-refractivity contribution in [2.45, 2.75) is 32.4 Å². The van der Waals surface area contributed by atoms with E-state index in [1.165, 1.54) is 4.68 Å². The topological polar surface area (TPSA) is 102 Å². The van der Waals surface area contributed by atoms with Crippen molar-refractivity contribution in [2.75, 3.05) is 25.4 Å². The molecule has 0 bridgehead atoms. The van der Waals surface area contributed by atoms with Gasteiger partial charge in [-0.3, -0.25) is 4.79 Å². The van der Waals surface area contributed by atoms with E-state index in [1.54, 1.807) is 0 Å². The number of tetrazole rings is 1. The number of aromatic nitrogens is 4. The molecule has 8 heteroatoms.